The Morgan fingerprint density at radius 1 is 1.31 bits per heavy atom. The number of ether oxygens (including phenoxy) is 1. The number of fused-ring (bicyclic) bond motifs is 1. The Bertz CT molecular complexity index is 992. The van der Waals surface area contributed by atoms with Crippen LogP contribution in [0, 0.1) is 13.8 Å². The molecule has 8 nitrogen and oxygen atoms in total. The molecule has 0 aliphatic heterocycles. The smallest absolute Gasteiger partial charge is 0.311 e. The van der Waals surface area contributed by atoms with Crippen LogP contribution in [0.4, 0.5) is 5.13 Å². The highest BCUT2D eigenvalue weighted by Crippen LogP contribution is 2.24. The van der Waals surface area contributed by atoms with E-state index in [-0.39, 0.29) is 18.3 Å². The van der Waals surface area contributed by atoms with E-state index in [1.54, 1.807) is 30.1 Å². The summed E-state index contributed by atoms with van der Waals surface area (Å²) in [6.07, 6.45) is 0.0839. The van der Waals surface area contributed by atoms with E-state index in [4.69, 9.17) is 4.74 Å². The second-order valence-electron chi connectivity index (χ2n) is 5.80. The molecule has 136 valence electrons. The summed E-state index contributed by atoms with van der Waals surface area (Å²) < 4.78 is 6.57. The lowest BCUT2D eigenvalue weighted by Crippen LogP contribution is -2.13. The van der Waals surface area contributed by atoms with Gasteiger partial charge < -0.3 is 4.74 Å². The number of pyridine rings is 1. The third-order valence-electron chi connectivity index (χ3n) is 3.74. The minimum atomic E-state index is -0.340. The maximum Gasteiger partial charge on any atom is 0.311 e. The van der Waals surface area contributed by atoms with Crippen molar-refractivity contribution in [3.63, 3.8) is 0 Å². The number of aryl methyl sites for hydroxylation is 3. The van der Waals surface area contributed by atoms with E-state index in [1.165, 1.54) is 11.3 Å². The molecule has 0 aromatic carbocycles. The minimum absolute atomic E-state index is 0.0839. The second kappa shape index (κ2) is 7.20. The van der Waals surface area contributed by atoms with E-state index in [0.29, 0.717) is 28.6 Å². The van der Waals surface area contributed by atoms with Crippen molar-refractivity contribution in [1.82, 2.24) is 19.7 Å². The molecule has 0 spiro atoms. The number of thiazole rings is 1. The molecule has 0 aliphatic carbocycles. The number of hydrogen-bond donors (Lipinski definition) is 1. The highest BCUT2D eigenvalue weighted by molar-refractivity contribution is 7.14. The van der Waals surface area contributed by atoms with Crippen LogP contribution in [0.25, 0.3) is 11.0 Å². The molecule has 3 rings (SSSR count). The summed E-state index contributed by atoms with van der Waals surface area (Å²) in [6.45, 7) is 5.76. The van der Waals surface area contributed by atoms with Crippen molar-refractivity contribution in [1.29, 1.82) is 0 Å². The van der Waals surface area contributed by atoms with Gasteiger partial charge in [0.05, 0.1) is 35.4 Å². The Morgan fingerprint density at radius 2 is 2.08 bits per heavy atom. The maximum atomic E-state index is 12.8. The van der Waals surface area contributed by atoms with Crippen LogP contribution in [-0.2, 0) is 23.0 Å². The Kier molecular flexibility index (Phi) is 4.99. The van der Waals surface area contributed by atoms with Crippen molar-refractivity contribution >= 4 is 39.4 Å². The first-order valence-electron chi connectivity index (χ1n) is 8.11. The Balaban J connectivity index is 1.84. The third-order valence-corrected chi connectivity index (χ3v) is 4.55. The van der Waals surface area contributed by atoms with Gasteiger partial charge in [-0.1, -0.05) is 0 Å². The monoisotopic (exact) mass is 373 g/mol. The van der Waals surface area contributed by atoms with Crippen LogP contribution in [0.5, 0.6) is 0 Å². The van der Waals surface area contributed by atoms with Gasteiger partial charge in [0.1, 0.15) is 0 Å². The van der Waals surface area contributed by atoms with E-state index in [2.05, 4.69) is 20.4 Å². The van der Waals surface area contributed by atoms with Gasteiger partial charge in [0.15, 0.2) is 10.8 Å². The van der Waals surface area contributed by atoms with Crippen LogP contribution in [0.2, 0.25) is 0 Å². The largest absolute Gasteiger partial charge is 0.466 e. The number of amides is 1. The summed E-state index contributed by atoms with van der Waals surface area (Å²) in [5, 5.41) is 10.0. The standard InChI is InChI=1S/C17H19N5O3S/c1-5-25-13(23)7-11-8-26-17(19-11)20-16(24)12-6-9(2)18-15-14(12)10(3)21-22(15)4/h6,8H,5,7H2,1-4H3,(H,19,20,24). The average molecular weight is 373 g/mol. The van der Waals surface area contributed by atoms with Crippen LogP contribution in [0.1, 0.15) is 34.4 Å². The number of anilines is 1. The maximum absolute atomic E-state index is 12.8. The molecule has 3 heterocycles. The van der Waals surface area contributed by atoms with Crippen LogP contribution >= 0.6 is 11.3 Å². The van der Waals surface area contributed by atoms with Crippen LogP contribution in [0.3, 0.4) is 0 Å². The molecule has 0 unspecified atom stereocenters. The quantitative estimate of drug-likeness (QED) is 0.690. The fourth-order valence-corrected chi connectivity index (χ4v) is 3.42. The van der Waals surface area contributed by atoms with Crippen LogP contribution in [0.15, 0.2) is 11.4 Å². The van der Waals surface area contributed by atoms with Gasteiger partial charge in [-0.15, -0.1) is 11.3 Å². The molecule has 0 fully saturated rings. The van der Waals surface area contributed by atoms with E-state index >= 15 is 0 Å². The Labute approximate surface area is 154 Å². The van der Waals surface area contributed by atoms with Gasteiger partial charge in [-0.25, -0.2) is 9.97 Å². The van der Waals surface area contributed by atoms with Gasteiger partial charge in [-0.05, 0) is 26.8 Å². The first kappa shape index (κ1) is 18.0. The molecule has 0 atom stereocenters. The van der Waals surface area contributed by atoms with Crippen molar-refractivity contribution < 1.29 is 14.3 Å². The number of aromatic nitrogens is 4. The van der Waals surface area contributed by atoms with Gasteiger partial charge in [0, 0.05) is 18.1 Å². The Morgan fingerprint density at radius 3 is 2.81 bits per heavy atom. The van der Waals surface area contributed by atoms with Crippen molar-refractivity contribution in [2.24, 2.45) is 7.05 Å². The summed E-state index contributed by atoms with van der Waals surface area (Å²) in [5.74, 6) is -0.623. The molecule has 3 aromatic rings. The molecule has 3 aromatic heterocycles. The highest BCUT2D eigenvalue weighted by atomic mass is 32.1. The van der Waals surface area contributed by atoms with Gasteiger partial charge in [0.25, 0.3) is 5.91 Å². The van der Waals surface area contributed by atoms with Gasteiger partial charge in [0.2, 0.25) is 0 Å². The Hall–Kier alpha value is -2.81. The number of nitrogens with one attached hydrogen (secondary N) is 1. The number of hydrogen-bond acceptors (Lipinski definition) is 7. The van der Waals surface area contributed by atoms with Gasteiger partial charge in [-0.3, -0.25) is 19.6 Å². The van der Waals surface area contributed by atoms with Crippen molar-refractivity contribution in [2.45, 2.75) is 27.2 Å². The van der Waals surface area contributed by atoms with Gasteiger partial charge in [-0.2, -0.15) is 5.10 Å². The zero-order valence-corrected chi connectivity index (χ0v) is 15.8. The molecular formula is C17H19N5O3S. The number of nitrogens with zero attached hydrogens (tertiary/aromatic N) is 4. The van der Waals surface area contributed by atoms with E-state index in [1.807, 2.05) is 13.8 Å². The van der Waals surface area contributed by atoms with Crippen LogP contribution < -0.4 is 5.32 Å². The normalized spacial score (nSPS) is 10.9. The molecule has 0 saturated carbocycles. The number of carbonyl (C=O) groups is 2. The van der Waals surface area contributed by atoms with Crippen molar-refractivity contribution in [3.05, 3.63) is 34.1 Å². The molecule has 0 saturated heterocycles. The number of rotatable bonds is 5. The predicted molar refractivity (Wildman–Crippen MR) is 98.4 cm³/mol. The van der Waals surface area contributed by atoms with Crippen LogP contribution in [-0.4, -0.2) is 38.2 Å². The van der Waals surface area contributed by atoms with E-state index < -0.39 is 0 Å². The number of carbonyl (C=O) groups excluding carboxylic acids is 2. The fourth-order valence-electron chi connectivity index (χ4n) is 2.72. The zero-order valence-electron chi connectivity index (χ0n) is 15.0. The topological polar surface area (TPSA) is 99.0 Å². The third kappa shape index (κ3) is 3.57. The second-order valence-corrected chi connectivity index (χ2v) is 6.66. The lowest BCUT2D eigenvalue weighted by atomic mass is 10.1. The lowest BCUT2D eigenvalue weighted by Gasteiger charge is -2.05. The highest BCUT2D eigenvalue weighted by Gasteiger charge is 2.19. The van der Waals surface area contributed by atoms with Crippen molar-refractivity contribution in [3.8, 4) is 0 Å². The fraction of sp³-hybridized carbons (Fsp3) is 0.353. The minimum Gasteiger partial charge on any atom is -0.466 e. The summed E-state index contributed by atoms with van der Waals surface area (Å²) in [4.78, 5) is 33.0. The van der Waals surface area contributed by atoms with E-state index in [0.717, 1.165) is 16.8 Å². The van der Waals surface area contributed by atoms with Gasteiger partial charge >= 0.3 is 5.97 Å². The lowest BCUT2D eigenvalue weighted by molar-refractivity contribution is -0.142. The van der Waals surface area contributed by atoms with E-state index in [9.17, 15) is 9.59 Å². The molecule has 1 amide bonds. The number of esters is 1. The summed E-state index contributed by atoms with van der Waals surface area (Å²) in [6, 6.07) is 1.74. The molecule has 0 radical (unpaired) electrons. The average Bonchev–Trinajstić information content (AvgIpc) is 3.11. The summed E-state index contributed by atoms with van der Waals surface area (Å²) in [5.41, 5.74) is 3.20. The SMILES string of the molecule is CCOC(=O)Cc1csc(NC(=O)c2cc(C)nc3c2c(C)nn3C)n1. The zero-order chi connectivity index (χ0) is 18.8. The summed E-state index contributed by atoms with van der Waals surface area (Å²) >= 11 is 1.26. The first-order chi connectivity index (χ1) is 12.4. The van der Waals surface area contributed by atoms with Crippen molar-refractivity contribution in [2.75, 3.05) is 11.9 Å². The molecule has 0 aliphatic rings. The predicted octanol–water partition coefficient (Wildman–Crippen LogP) is 2.40. The molecular weight excluding hydrogens is 354 g/mol. The molecule has 9 heteroatoms. The summed E-state index contributed by atoms with van der Waals surface area (Å²) in [7, 11) is 1.80. The first-order valence-corrected chi connectivity index (χ1v) is 8.99. The molecule has 26 heavy (non-hydrogen) atoms. The molecule has 0 bridgehead atoms. The molecule has 1 N–H and O–H groups in total.